The largest absolute Gasteiger partial charge is 1.00 e. The van der Waals surface area contributed by atoms with Crippen LogP contribution >= 0.6 is 34.8 Å². The van der Waals surface area contributed by atoms with E-state index >= 15 is 0 Å². The van der Waals surface area contributed by atoms with E-state index < -0.39 is 15.9 Å². The predicted molar refractivity (Wildman–Crippen MR) is 90.2 cm³/mol. The van der Waals surface area contributed by atoms with Gasteiger partial charge in [-0.15, -0.1) is 0 Å². The number of rotatable bonds is 4. The molecule has 0 saturated heterocycles. The molecule has 0 unspecified atom stereocenters. The Morgan fingerprint density at radius 1 is 1.21 bits per heavy atom. The average Bonchev–Trinajstić information content (AvgIpc) is 2.45. The predicted octanol–water partition coefficient (Wildman–Crippen LogP) is 0.153. The molecule has 0 spiro atoms. The molecule has 0 bridgehead atoms. The Morgan fingerprint density at radius 3 is 2.54 bits per heavy atom. The first-order valence-corrected chi connectivity index (χ1v) is 8.68. The Balaban J connectivity index is 0.00000288. The summed E-state index contributed by atoms with van der Waals surface area (Å²) in [7, 11) is -4.15. The Bertz CT molecular complexity index is 902. The van der Waals surface area contributed by atoms with Gasteiger partial charge in [-0.3, -0.25) is 0 Å². The van der Waals surface area contributed by atoms with E-state index in [1.54, 1.807) is 12.1 Å². The summed E-state index contributed by atoms with van der Waals surface area (Å²) >= 11 is 17.4. The van der Waals surface area contributed by atoms with Crippen molar-refractivity contribution in [3.05, 3.63) is 68.3 Å². The number of aromatic nitrogens is 1. The Morgan fingerprint density at radius 2 is 1.92 bits per heavy atom. The number of hydrogen-bond acceptors (Lipinski definition) is 4. The topological polar surface area (TPSA) is 82.5 Å². The molecule has 0 aliphatic carbocycles. The van der Waals surface area contributed by atoms with Crippen molar-refractivity contribution in [3.63, 3.8) is 0 Å². The minimum Gasteiger partial charge on any atom is -0.858 e. The van der Waals surface area contributed by atoms with Crippen molar-refractivity contribution in [2.24, 2.45) is 4.40 Å². The van der Waals surface area contributed by atoms with Crippen LogP contribution in [0.15, 0.2) is 46.3 Å². The van der Waals surface area contributed by atoms with Crippen LogP contribution < -0.4 is 34.7 Å². The molecule has 2 rings (SSSR count). The molecule has 0 N–H and O–H groups in total. The number of benzene rings is 1. The molecular formula is C14H8Cl3N2NaO3S. The summed E-state index contributed by atoms with van der Waals surface area (Å²) in [4.78, 5) is 3.80. The van der Waals surface area contributed by atoms with Gasteiger partial charge in [0.1, 0.15) is 5.15 Å². The summed E-state index contributed by atoms with van der Waals surface area (Å²) in [5.41, 5.74) is 0.317. The van der Waals surface area contributed by atoms with E-state index in [-0.39, 0.29) is 45.3 Å². The molecule has 0 aliphatic rings. The minimum absolute atomic E-state index is 0. The van der Waals surface area contributed by atoms with E-state index in [1.807, 2.05) is 0 Å². The van der Waals surface area contributed by atoms with Crippen LogP contribution in [0, 0.1) is 0 Å². The molecule has 0 atom stereocenters. The fourth-order valence-electron chi connectivity index (χ4n) is 1.54. The third kappa shape index (κ3) is 6.04. The molecule has 0 saturated carbocycles. The standard InChI is InChI=1S/C14H9Cl3N2O3S.Na/c15-10-3-4-11(12(16)8-10)14(20)19-23(21,22)7-5-9-2-1-6-18-13(9)17;/h1-8H,(H,19,20);/q;+1/p-1/b7-5+;. The van der Waals surface area contributed by atoms with Gasteiger partial charge in [0.05, 0.1) is 10.4 Å². The molecule has 0 radical (unpaired) electrons. The van der Waals surface area contributed by atoms with Gasteiger partial charge in [-0.25, -0.2) is 4.98 Å². The van der Waals surface area contributed by atoms with Gasteiger partial charge in [0, 0.05) is 28.2 Å². The number of nitrogens with zero attached hydrogens (tertiary/aromatic N) is 2. The zero-order valence-electron chi connectivity index (χ0n) is 12.3. The van der Waals surface area contributed by atoms with Crippen molar-refractivity contribution in [2.75, 3.05) is 0 Å². The maximum Gasteiger partial charge on any atom is 1.00 e. The minimum atomic E-state index is -4.15. The molecule has 0 amide bonds. The van der Waals surface area contributed by atoms with Crippen molar-refractivity contribution >= 4 is 56.8 Å². The van der Waals surface area contributed by atoms with Crippen LogP contribution in [-0.4, -0.2) is 19.3 Å². The normalized spacial score (nSPS) is 12.2. The van der Waals surface area contributed by atoms with E-state index in [4.69, 9.17) is 34.8 Å². The van der Waals surface area contributed by atoms with Crippen molar-refractivity contribution in [1.82, 2.24) is 4.98 Å². The van der Waals surface area contributed by atoms with Crippen LogP contribution in [0.3, 0.4) is 0 Å². The Hall–Kier alpha value is -0.600. The van der Waals surface area contributed by atoms with Gasteiger partial charge >= 0.3 is 29.6 Å². The molecule has 24 heavy (non-hydrogen) atoms. The summed E-state index contributed by atoms with van der Waals surface area (Å²) in [5.74, 6) is -0.992. The molecule has 120 valence electrons. The van der Waals surface area contributed by atoms with Crippen LogP contribution in [0.1, 0.15) is 11.1 Å². The zero-order chi connectivity index (χ0) is 17.0. The Labute approximate surface area is 176 Å². The van der Waals surface area contributed by atoms with E-state index in [9.17, 15) is 13.5 Å². The van der Waals surface area contributed by atoms with Crippen molar-refractivity contribution in [2.45, 2.75) is 0 Å². The summed E-state index contributed by atoms with van der Waals surface area (Å²) in [6.45, 7) is 0. The summed E-state index contributed by atoms with van der Waals surface area (Å²) in [5, 5.41) is 13.2. The quantitative estimate of drug-likeness (QED) is 0.309. The first kappa shape index (κ1) is 21.4. The van der Waals surface area contributed by atoms with Gasteiger partial charge in [-0.05, 0) is 24.3 Å². The van der Waals surface area contributed by atoms with Gasteiger partial charge < -0.3 is 5.11 Å². The zero-order valence-corrected chi connectivity index (χ0v) is 17.4. The van der Waals surface area contributed by atoms with Crippen LogP contribution in [0.2, 0.25) is 15.2 Å². The van der Waals surface area contributed by atoms with E-state index in [2.05, 4.69) is 9.38 Å². The second kappa shape index (κ2) is 9.20. The maximum absolute atomic E-state index is 11.9. The second-order valence-electron chi connectivity index (χ2n) is 4.22. The van der Waals surface area contributed by atoms with Crippen LogP contribution in [0.25, 0.3) is 6.08 Å². The smallest absolute Gasteiger partial charge is 0.858 e. The summed E-state index contributed by atoms with van der Waals surface area (Å²) in [6.07, 6.45) is 2.66. The maximum atomic E-state index is 11.9. The second-order valence-corrected chi connectivity index (χ2v) is 6.91. The van der Waals surface area contributed by atoms with Gasteiger partial charge in [0.2, 0.25) is 0 Å². The fourth-order valence-corrected chi connectivity index (χ4v) is 2.92. The van der Waals surface area contributed by atoms with E-state index in [0.717, 1.165) is 5.41 Å². The fraction of sp³-hybridized carbons (Fsp3) is 0. The number of sulfonamides is 1. The van der Waals surface area contributed by atoms with Gasteiger partial charge in [0.15, 0.2) is 0 Å². The SMILES string of the molecule is O=S(=O)(/C=C/c1cccnc1Cl)/N=C(\[O-])c1ccc(Cl)cc1Cl.[Na+]. The molecule has 1 aromatic carbocycles. The van der Waals surface area contributed by atoms with Crippen LogP contribution in [-0.2, 0) is 10.0 Å². The van der Waals surface area contributed by atoms with Crippen molar-refractivity contribution in [1.29, 1.82) is 0 Å². The summed E-state index contributed by atoms with van der Waals surface area (Å²) in [6, 6.07) is 7.19. The molecule has 10 heteroatoms. The van der Waals surface area contributed by atoms with Gasteiger partial charge in [-0.1, -0.05) is 46.9 Å². The van der Waals surface area contributed by atoms with E-state index in [0.29, 0.717) is 10.6 Å². The first-order valence-electron chi connectivity index (χ1n) is 6.04. The van der Waals surface area contributed by atoms with Crippen LogP contribution in [0.4, 0.5) is 0 Å². The third-order valence-electron chi connectivity index (χ3n) is 2.58. The third-order valence-corrected chi connectivity index (χ3v) is 4.34. The molecule has 1 aromatic heterocycles. The van der Waals surface area contributed by atoms with Gasteiger partial charge in [-0.2, -0.15) is 12.8 Å². The molecule has 0 aliphatic heterocycles. The molecule has 5 nitrogen and oxygen atoms in total. The first-order chi connectivity index (χ1) is 10.8. The van der Waals surface area contributed by atoms with Gasteiger partial charge in [0.25, 0.3) is 10.0 Å². The number of hydrogen-bond donors (Lipinski definition) is 0. The van der Waals surface area contributed by atoms with Crippen molar-refractivity contribution in [3.8, 4) is 0 Å². The van der Waals surface area contributed by atoms with Crippen LogP contribution in [0.5, 0.6) is 0 Å². The molecular weight excluding hydrogens is 406 g/mol. The summed E-state index contributed by atoms with van der Waals surface area (Å²) < 4.78 is 26.9. The monoisotopic (exact) mass is 412 g/mol. The molecule has 2 aromatic rings. The molecule has 0 fully saturated rings. The molecule has 1 heterocycles. The Kier molecular flexibility index (Phi) is 8.22. The van der Waals surface area contributed by atoms with E-state index in [1.165, 1.54) is 30.5 Å². The number of pyridine rings is 1. The number of halogens is 3. The average molecular weight is 414 g/mol. The van der Waals surface area contributed by atoms with Crippen molar-refractivity contribution < 1.29 is 43.1 Å².